The molecule has 2 fully saturated rings. The van der Waals surface area contributed by atoms with Crippen LogP contribution in [0.2, 0.25) is 0 Å². The van der Waals surface area contributed by atoms with Gasteiger partial charge in [-0.3, -0.25) is 13.6 Å². The minimum Gasteiger partial charge on any atom is -0.394 e. The fourth-order valence-corrected chi connectivity index (χ4v) is 3.59. The van der Waals surface area contributed by atoms with E-state index in [1.165, 1.54) is 17.2 Å². The summed E-state index contributed by atoms with van der Waals surface area (Å²) >= 11 is 0. The number of phosphoric acid groups is 1. The van der Waals surface area contributed by atoms with Crippen LogP contribution in [-0.4, -0.2) is 71.7 Å². The number of nitrogen functional groups attached to an aromatic ring is 1. The van der Waals surface area contributed by atoms with E-state index in [1.807, 2.05) is 0 Å². The predicted octanol–water partition coefficient (Wildman–Crippen LogP) is -1.10. The molecule has 2 aliphatic heterocycles. The lowest BCUT2D eigenvalue weighted by Crippen LogP contribution is -2.39. The molecule has 13 nitrogen and oxygen atoms in total. The summed E-state index contributed by atoms with van der Waals surface area (Å²) in [5, 5.41) is 18.6. The van der Waals surface area contributed by atoms with Crippen LogP contribution in [0.15, 0.2) is 12.7 Å². The van der Waals surface area contributed by atoms with Crippen molar-refractivity contribution in [2.75, 3.05) is 18.9 Å². The van der Waals surface area contributed by atoms with Crippen molar-refractivity contribution < 1.29 is 33.5 Å². The van der Waals surface area contributed by atoms with Gasteiger partial charge in [0.05, 0.1) is 19.5 Å². The van der Waals surface area contributed by atoms with E-state index in [0.29, 0.717) is 11.2 Å². The minimum atomic E-state index is -4.16. The van der Waals surface area contributed by atoms with Crippen LogP contribution in [0, 0.1) is 0 Å². The standard InChI is InChI=1S/C10H12N5O6P.C4H11NO/c11-8-5-9(13-2-12-8)15(3-14-5)10-6(16)7-4(20-10)1-19-22(17,18)21-7;1-4(2,5)3-6/h2-4,6-7,10,16H,1H2,(H,17,18)(H2,11,12,13);6H,3,5H2,1-2H3/t4-,6-,7-,10-;/m1./s1. The van der Waals surface area contributed by atoms with E-state index in [0.717, 1.165) is 0 Å². The Labute approximate surface area is 159 Å². The minimum absolute atomic E-state index is 0.0486. The largest absolute Gasteiger partial charge is 0.472 e. The van der Waals surface area contributed by atoms with Crippen LogP contribution in [0.4, 0.5) is 5.82 Å². The Morgan fingerprint density at radius 3 is 2.71 bits per heavy atom. The van der Waals surface area contributed by atoms with Gasteiger partial charge in [0.2, 0.25) is 0 Å². The van der Waals surface area contributed by atoms with Gasteiger partial charge in [0.15, 0.2) is 17.7 Å². The molecule has 4 heterocycles. The molecule has 0 aliphatic carbocycles. The van der Waals surface area contributed by atoms with Crippen molar-refractivity contribution in [3.8, 4) is 0 Å². The molecule has 2 aliphatic rings. The highest BCUT2D eigenvalue weighted by Gasteiger charge is 2.52. The number of phosphoric ester groups is 1. The third-order valence-electron chi connectivity index (χ3n) is 4.04. The second-order valence-corrected chi connectivity index (χ2v) is 8.53. The molecule has 0 amide bonds. The van der Waals surface area contributed by atoms with Crippen LogP contribution in [0.25, 0.3) is 11.2 Å². The summed E-state index contributed by atoms with van der Waals surface area (Å²) in [4.78, 5) is 21.3. The van der Waals surface area contributed by atoms with E-state index in [-0.39, 0.29) is 19.0 Å². The number of hydrogen-bond donors (Lipinski definition) is 5. The molecule has 4 rings (SSSR count). The van der Waals surface area contributed by atoms with Crippen molar-refractivity contribution in [1.82, 2.24) is 19.5 Å². The van der Waals surface area contributed by atoms with E-state index in [1.54, 1.807) is 13.8 Å². The van der Waals surface area contributed by atoms with Crippen molar-refractivity contribution in [1.29, 1.82) is 0 Å². The Morgan fingerprint density at radius 1 is 1.39 bits per heavy atom. The number of nitrogens with two attached hydrogens (primary N) is 2. The van der Waals surface area contributed by atoms with Gasteiger partial charge in [-0.15, -0.1) is 0 Å². The monoisotopic (exact) mass is 418 g/mol. The Balaban J connectivity index is 0.000000330. The first kappa shape index (κ1) is 21.0. The number of rotatable bonds is 2. The summed E-state index contributed by atoms with van der Waals surface area (Å²) in [7, 11) is -4.16. The number of ether oxygens (including phenoxy) is 1. The summed E-state index contributed by atoms with van der Waals surface area (Å²) in [6.07, 6.45) is -1.07. The third-order valence-corrected chi connectivity index (χ3v) is 5.02. The van der Waals surface area contributed by atoms with E-state index < -0.39 is 37.9 Å². The normalized spacial score (nSPS) is 32.6. The van der Waals surface area contributed by atoms with Crippen molar-refractivity contribution in [2.45, 2.75) is 43.9 Å². The molecule has 7 N–H and O–H groups in total. The average Bonchev–Trinajstić information content (AvgIpc) is 3.17. The summed E-state index contributed by atoms with van der Waals surface area (Å²) < 4.78 is 28.2. The molecular weight excluding hydrogens is 395 g/mol. The van der Waals surface area contributed by atoms with Crippen LogP contribution in [-0.2, 0) is 18.3 Å². The molecule has 0 saturated carbocycles. The van der Waals surface area contributed by atoms with Crippen molar-refractivity contribution in [3.05, 3.63) is 12.7 Å². The molecule has 0 bridgehead atoms. The summed E-state index contributed by atoms with van der Waals surface area (Å²) in [5.41, 5.74) is 11.3. The Morgan fingerprint density at radius 2 is 2.07 bits per heavy atom. The van der Waals surface area contributed by atoms with Crippen LogP contribution < -0.4 is 11.5 Å². The molecule has 0 aromatic carbocycles. The van der Waals surface area contributed by atoms with Gasteiger partial charge in [-0.25, -0.2) is 19.5 Å². The Hall–Kier alpha value is -1.70. The number of aliphatic hydroxyl groups is 2. The number of fused-ring (bicyclic) bond motifs is 2. The zero-order valence-corrected chi connectivity index (χ0v) is 16.1. The van der Waals surface area contributed by atoms with E-state index in [2.05, 4.69) is 19.5 Å². The molecule has 0 spiro atoms. The van der Waals surface area contributed by atoms with Gasteiger partial charge in [0.25, 0.3) is 0 Å². The highest BCUT2D eigenvalue weighted by molar-refractivity contribution is 7.47. The highest BCUT2D eigenvalue weighted by Crippen LogP contribution is 2.52. The topological polar surface area (TPSA) is 201 Å². The second-order valence-electron chi connectivity index (χ2n) is 7.12. The maximum atomic E-state index is 11.5. The van der Waals surface area contributed by atoms with Crippen LogP contribution in [0.3, 0.4) is 0 Å². The quantitative estimate of drug-likeness (QED) is 0.369. The molecular formula is C14H23N6O7P. The third kappa shape index (κ3) is 4.31. The number of imidazole rings is 1. The zero-order chi connectivity index (χ0) is 20.7. The van der Waals surface area contributed by atoms with Crippen LogP contribution in [0.1, 0.15) is 20.1 Å². The van der Waals surface area contributed by atoms with Gasteiger partial charge < -0.3 is 31.3 Å². The first-order valence-corrected chi connectivity index (χ1v) is 9.84. The van der Waals surface area contributed by atoms with Crippen LogP contribution in [0.5, 0.6) is 0 Å². The smallest absolute Gasteiger partial charge is 0.394 e. The van der Waals surface area contributed by atoms with Gasteiger partial charge in [-0.05, 0) is 13.8 Å². The Bertz CT molecular complexity index is 887. The van der Waals surface area contributed by atoms with Crippen molar-refractivity contribution >= 4 is 24.8 Å². The lowest BCUT2D eigenvalue weighted by molar-refractivity contribution is -0.0664. The number of hydrogen-bond acceptors (Lipinski definition) is 11. The number of anilines is 1. The second kappa shape index (κ2) is 7.61. The molecule has 28 heavy (non-hydrogen) atoms. The lowest BCUT2D eigenvalue weighted by Gasteiger charge is -2.27. The SMILES string of the molecule is CC(C)(N)CO.Nc1ncnc2c1ncn2[C@@H]1O[C@@H]2COP(=O)(O)O[C@H]2[C@H]1O. The fourth-order valence-electron chi connectivity index (χ4n) is 2.62. The summed E-state index contributed by atoms with van der Waals surface area (Å²) in [6, 6.07) is 0. The zero-order valence-electron chi connectivity index (χ0n) is 15.2. The van der Waals surface area contributed by atoms with E-state index >= 15 is 0 Å². The predicted molar refractivity (Wildman–Crippen MR) is 95.7 cm³/mol. The van der Waals surface area contributed by atoms with Gasteiger partial charge >= 0.3 is 7.82 Å². The molecule has 2 aromatic rings. The first-order valence-electron chi connectivity index (χ1n) is 8.34. The first-order chi connectivity index (χ1) is 13.0. The highest BCUT2D eigenvalue weighted by atomic mass is 31.2. The van der Waals surface area contributed by atoms with Gasteiger partial charge in [0.1, 0.15) is 30.2 Å². The Kier molecular flexibility index (Phi) is 5.71. The van der Waals surface area contributed by atoms with Gasteiger partial charge in [-0.2, -0.15) is 0 Å². The number of aliphatic hydroxyl groups excluding tert-OH is 2. The number of aromatic nitrogens is 4. The molecule has 2 saturated heterocycles. The van der Waals surface area contributed by atoms with Crippen molar-refractivity contribution in [3.63, 3.8) is 0 Å². The maximum Gasteiger partial charge on any atom is 0.472 e. The van der Waals surface area contributed by atoms with Crippen molar-refractivity contribution in [2.24, 2.45) is 5.73 Å². The van der Waals surface area contributed by atoms with E-state index in [9.17, 15) is 14.6 Å². The summed E-state index contributed by atoms with van der Waals surface area (Å²) in [6.45, 7) is 3.43. The lowest BCUT2D eigenvalue weighted by atomic mass is 10.1. The van der Waals surface area contributed by atoms with E-state index in [4.69, 9.17) is 25.8 Å². The molecule has 5 atom stereocenters. The number of nitrogens with zero attached hydrogens (tertiary/aromatic N) is 4. The van der Waals surface area contributed by atoms with Crippen LogP contribution >= 0.6 is 7.82 Å². The average molecular weight is 418 g/mol. The van der Waals surface area contributed by atoms with Gasteiger partial charge in [-0.1, -0.05) is 0 Å². The van der Waals surface area contributed by atoms with Gasteiger partial charge in [0, 0.05) is 5.54 Å². The molecule has 156 valence electrons. The molecule has 0 radical (unpaired) electrons. The maximum absolute atomic E-state index is 11.5. The molecule has 2 aromatic heterocycles. The molecule has 1 unspecified atom stereocenters. The summed E-state index contributed by atoms with van der Waals surface area (Å²) in [5.74, 6) is 0.202. The fraction of sp³-hybridized carbons (Fsp3) is 0.643. The molecule has 14 heteroatoms.